The lowest BCUT2D eigenvalue weighted by atomic mass is 10.3. The van der Waals surface area contributed by atoms with Crippen molar-refractivity contribution in [3.05, 3.63) is 18.3 Å². The number of carbonyl (C=O) groups excluding carboxylic acids is 1. The number of nitrogens with one attached hydrogen (secondary N) is 1. The minimum atomic E-state index is -0.517. The first-order valence-corrected chi connectivity index (χ1v) is 5.42. The molecule has 0 fully saturated rings. The van der Waals surface area contributed by atoms with E-state index in [2.05, 4.69) is 10.3 Å². The quantitative estimate of drug-likeness (QED) is 0.734. The second-order valence-electron chi connectivity index (χ2n) is 2.86. The van der Waals surface area contributed by atoms with Crippen LogP contribution in [0.5, 0.6) is 0 Å². The third kappa shape index (κ3) is 3.01. The number of nitrogens with zero attached hydrogens (tertiary/aromatic N) is 1. The second-order valence-corrected chi connectivity index (χ2v) is 3.74. The Morgan fingerprint density at radius 3 is 2.79 bits per heavy atom. The Hall–Kier alpha value is -1.07. The first-order valence-electron chi connectivity index (χ1n) is 4.20. The second kappa shape index (κ2) is 4.97. The van der Waals surface area contributed by atoms with E-state index in [1.54, 1.807) is 30.9 Å². The monoisotopic (exact) mass is 211 g/mol. The van der Waals surface area contributed by atoms with Crippen molar-refractivity contribution in [2.24, 2.45) is 5.73 Å². The van der Waals surface area contributed by atoms with Crippen LogP contribution in [0.4, 0.5) is 5.82 Å². The molecule has 0 saturated carbocycles. The van der Waals surface area contributed by atoms with Gasteiger partial charge >= 0.3 is 0 Å². The molecule has 1 rings (SSSR count). The lowest BCUT2D eigenvalue weighted by molar-refractivity contribution is -0.117. The normalized spacial score (nSPS) is 12.2. The molecule has 1 amide bonds. The molecule has 0 aliphatic rings. The van der Waals surface area contributed by atoms with E-state index in [-0.39, 0.29) is 5.91 Å². The average molecular weight is 211 g/mol. The van der Waals surface area contributed by atoms with Crippen LogP contribution in [-0.4, -0.2) is 23.2 Å². The SMILES string of the molecule is CSc1ccc(NC(=O)[C@@H](C)N)nc1. The van der Waals surface area contributed by atoms with Crippen LogP contribution in [-0.2, 0) is 4.79 Å². The van der Waals surface area contributed by atoms with Gasteiger partial charge in [0.25, 0.3) is 0 Å². The van der Waals surface area contributed by atoms with Crippen LogP contribution in [0, 0.1) is 0 Å². The molecule has 0 unspecified atom stereocenters. The number of nitrogens with two attached hydrogens (primary N) is 1. The summed E-state index contributed by atoms with van der Waals surface area (Å²) in [5.41, 5.74) is 5.40. The summed E-state index contributed by atoms with van der Waals surface area (Å²) in [4.78, 5) is 16.3. The Bertz CT molecular complexity index is 310. The van der Waals surface area contributed by atoms with Crippen molar-refractivity contribution >= 4 is 23.5 Å². The highest BCUT2D eigenvalue weighted by Gasteiger charge is 2.07. The first kappa shape index (κ1) is 11.0. The molecule has 1 atom stereocenters. The molecule has 0 radical (unpaired) electrons. The van der Waals surface area contributed by atoms with E-state index in [0.29, 0.717) is 5.82 Å². The minimum absolute atomic E-state index is 0.227. The molecular weight excluding hydrogens is 198 g/mol. The number of hydrogen-bond donors (Lipinski definition) is 2. The molecule has 0 aliphatic carbocycles. The Labute approximate surface area is 87.3 Å². The maximum Gasteiger partial charge on any atom is 0.242 e. The average Bonchev–Trinajstić information content (AvgIpc) is 2.19. The number of amides is 1. The number of rotatable bonds is 3. The standard InChI is InChI=1S/C9H13N3OS/c1-6(10)9(13)12-8-4-3-7(14-2)5-11-8/h3-6H,10H2,1-2H3,(H,11,12,13)/t6-/m1/s1. The van der Waals surface area contributed by atoms with Gasteiger partial charge in [-0.15, -0.1) is 11.8 Å². The molecule has 5 heteroatoms. The smallest absolute Gasteiger partial charge is 0.242 e. The maximum absolute atomic E-state index is 11.2. The van der Waals surface area contributed by atoms with Crippen molar-refractivity contribution in [3.8, 4) is 0 Å². The highest BCUT2D eigenvalue weighted by atomic mass is 32.2. The van der Waals surface area contributed by atoms with E-state index in [1.807, 2.05) is 12.3 Å². The fraction of sp³-hybridized carbons (Fsp3) is 0.333. The van der Waals surface area contributed by atoms with Crippen LogP contribution in [0.2, 0.25) is 0 Å². The van der Waals surface area contributed by atoms with Gasteiger partial charge in [-0.05, 0) is 25.3 Å². The fourth-order valence-corrected chi connectivity index (χ4v) is 1.18. The maximum atomic E-state index is 11.2. The van der Waals surface area contributed by atoms with E-state index in [4.69, 9.17) is 5.73 Å². The summed E-state index contributed by atoms with van der Waals surface area (Å²) in [5, 5.41) is 2.61. The number of carbonyl (C=O) groups is 1. The Morgan fingerprint density at radius 2 is 2.36 bits per heavy atom. The lowest BCUT2D eigenvalue weighted by Gasteiger charge is -2.06. The molecular formula is C9H13N3OS. The molecule has 0 spiro atoms. The topological polar surface area (TPSA) is 68.0 Å². The Kier molecular flexibility index (Phi) is 3.91. The van der Waals surface area contributed by atoms with Crippen LogP contribution in [0.25, 0.3) is 0 Å². The number of hydrogen-bond acceptors (Lipinski definition) is 4. The van der Waals surface area contributed by atoms with Crippen molar-refractivity contribution in [2.75, 3.05) is 11.6 Å². The fourth-order valence-electron chi connectivity index (χ4n) is 0.815. The van der Waals surface area contributed by atoms with Crippen LogP contribution in [0.3, 0.4) is 0 Å². The first-order chi connectivity index (χ1) is 6.63. The zero-order valence-electron chi connectivity index (χ0n) is 8.15. The van der Waals surface area contributed by atoms with Crippen molar-refractivity contribution in [2.45, 2.75) is 17.9 Å². The van der Waals surface area contributed by atoms with Gasteiger partial charge in [-0.2, -0.15) is 0 Å². The number of thioether (sulfide) groups is 1. The molecule has 4 nitrogen and oxygen atoms in total. The van der Waals surface area contributed by atoms with Gasteiger partial charge in [0.15, 0.2) is 0 Å². The zero-order valence-corrected chi connectivity index (χ0v) is 8.97. The molecule has 0 aromatic carbocycles. The van der Waals surface area contributed by atoms with E-state index in [1.165, 1.54) is 0 Å². The van der Waals surface area contributed by atoms with Gasteiger partial charge in [0.2, 0.25) is 5.91 Å². The summed E-state index contributed by atoms with van der Waals surface area (Å²) in [6.45, 7) is 1.63. The van der Waals surface area contributed by atoms with Crippen molar-refractivity contribution in [1.82, 2.24) is 4.98 Å². The van der Waals surface area contributed by atoms with Gasteiger partial charge in [-0.1, -0.05) is 0 Å². The van der Waals surface area contributed by atoms with Crippen LogP contribution < -0.4 is 11.1 Å². The highest BCUT2D eigenvalue weighted by molar-refractivity contribution is 7.98. The van der Waals surface area contributed by atoms with Gasteiger partial charge < -0.3 is 11.1 Å². The molecule has 1 heterocycles. The van der Waals surface area contributed by atoms with Gasteiger partial charge in [0, 0.05) is 11.1 Å². The molecule has 76 valence electrons. The summed E-state index contributed by atoms with van der Waals surface area (Å²) in [6.07, 6.45) is 3.68. The van der Waals surface area contributed by atoms with E-state index < -0.39 is 6.04 Å². The van der Waals surface area contributed by atoms with Gasteiger partial charge in [0.05, 0.1) is 6.04 Å². The van der Waals surface area contributed by atoms with Crippen molar-refractivity contribution in [3.63, 3.8) is 0 Å². The van der Waals surface area contributed by atoms with Crippen LogP contribution in [0.15, 0.2) is 23.2 Å². The van der Waals surface area contributed by atoms with Gasteiger partial charge in [-0.3, -0.25) is 4.79 Å². The number of anilines is 1. The van der Waals surface area contributed by atoms with Crippen LogP contribution >= 0.6 is 11.8 Å². The van der Waals surface area contributed by atoms with Crippen molar-refractivity contribution in [1.29, 1.82) is 0 Å². The highest BCUT2D eigenvalue weighted by Crippen LogP contribution is 2.14. The Balaban J connectivity index is 2.64. The summed E-state index contributed by atoms with van der Waals surface area (Å²) in [6, 6.07) is 3.14. The molecule has 0 aliphatic heterocycles. The predicted octanol–water partition coefficient (Wildman–Crippen LogP) is 1.09. The largest absolute Gasteiger partial charge is 0.320 e. The zero-order chi connectivity index (χ0) is 10.6. The molecule has 3 N–H and O–H groups in total. The summed E-state index contributed by atoms with van der Waals surface area (Å²) < 4.78 is 0. The van der Waals surface area contributed by atoms with Crippen molar-refractivity contribution < 1.29 is 4.79 Å². The van der Waals surface area contributed by atoms with E-state index in [0.717, 1.165) is 4.90 Å². The third-order valence-corrected chi connectivity index (χ3v) is 2.35. The minimum Gasteiger partial charge on any atom is -0.320 e. The lowest BCUT2D eigenvalue weighted by Crippen LogP contribution is -2.32. The molecule has 1 aromatic rings. The Morgan fingerprint density at radius 1 is 1.64 bits per heavy atom. The summed E-state index contributed by atoms with van der Waals surface area (Å²) in [5.74, 6) is 0.305. The van der Waals surface area contributed by atoms with Gasteiger partial charge in [-0.25, -0.2) is 4.98 Å². The predicted molar refractivity (Wildman–Crippen MR) is 58.3 cm³/mol. The molecule has 14 heavy (non-hydrogen) atoms. The number of pyridine rings is 1. The number of aromatic nitrogens is 1. The van der Waals surface area contributed by atoms with Gasteiger partial charge in [0.1, 0.15) is 5.82 Å². The summed E-state index contributed by atoms with van der Waals surface area (Å²) in [7, 11) is 0. The molecule has 0 saturated heterocycles. The van der Waals surface area contributed by atoms with Crippen LogP contribution in [0.1, 0.15) is 6.92 Å². The van der Waals surface area contributed by atoms with E-state index in [9.17, 15) is 4.79 Å². The third-order valence-electron chi connectivity index (χ3n) is 1.64. The summed E-state index contributed by atoms with van der Waals surface area (Å²) >= 11 is 1.60. The molecule has 1 aromatic heterocycles. The molecule has 0 bridgehead atoms. The van der Waals surface area contributed by atoms with E-state index >= 15 is 0 Å².